The summed E-state index contributed by atoms with van der Waals surface area (Å²) >= 11 is 0. The van der Waals surface area contributed by atoms with Crippen LogP contribution < -0.4 is 5.73 Å². The smallest absolute Gasteiger partial charge is 0.142 e. The second-order valence-corrected chi connectivity index (χ2v) is 5.01. The Balaban J connectivity index is 2.17. The average Bonchev–Trinajstić information content (AvgIpc) is 2.86. The molecule has 0 atom stereocenters. The van der Waals surface area contributed by atoms with Crippen LogP contribution in [0.1, 0.15) is 24.9 Å². The SMILES string of the molecule is CCCc1cc(-n2c(CCN)nc3ccccc32)ncn1. The lowest BCUT2D eigenvalue weighted by Gasteiger charge is -2.08. The lowest BCUT2D eigenvalue weighted by Crippen LogP contribution is -2.10. The number of rotatable bonds is 5. The Hall–Kier alpha value is -2.27. The van der Waals surface area contributed by atoms with Gasteiger partial charge in [0.05, 0.1) is 11.0 Å². The van der Waals surface area contributed by atoms with E-state index in [1.54, 1.807) is 6.33 Å². The van der Waals surface area contributed by atoms with E-state index in [1.807, 2.05) is 24.3 Å². The van der Waals surface area contributed by atoms with Crippen molar-refractivity contribution in [1.82, 2.24) is 19.5 Å². The van der Waals surface area contributed by atoms with E-state index in [-0.39, 0.29) is 0 Å². The lowest BCUT2D eigenvalue weighted by atomic mass is 10.2. The molecule has 3 rings (SSSR count). The van der Waals surface area contributed by atoms with Crippen LogP contribution in [0.3, 0.4) is 0 Å². The normalized spacial score (nSPS) is 11.1. The summed E-state index contributed by atoms with van der Waals surface area (Å²) in [6.07, 6.45) is 4.37. The molecular weight excluding hydrogens is 262 g/mol. The Morgan fingerprint density at radius 3 is 2.81 bits per heavy atom. The molecule has 2 N–H and O–H groups in total. The minimum Gasteiger partial charge on any atom is -0.330 e. The predicted molar refractivity (Wildman–Crippen MR) is 83.4 cm³/mol. The van der Waals surface area contributed by atoms with Gasteiger partial charge < -0.3 is 5.73 Å². The molecule has 0 aliphatic carbocycles. The molecule has 2 aromatic heterocycles. The van der Waals surface area contributed by atoms with Gasteiger partial charge in [0.2, 0.25) is 0 Å². The van der Waals surface area contributed by atoms with Crippen molar-refractivity contribution in [2.24, 2.45) is 5.73 Å². The molecule has 0 fully saturated rings. The zero-order valence-electron chi connectivity index (χ0n) is 12.2. The minimum absolute atomic E-state index is 0.566. The number of imidazole rings is 1. The van der Waals surface area contributed by atoms with Crippen molar-refractivity contribution in [2.75, 3.05) is 6.54 Å². The number of aromatic nitrogens is 4. The molecule has 2 heterocycles. The van der Waals surface area contributed by atoms with Gasteiger partial charge in [-0.1, -0.05) is 25.5 Å². The topological polar surface area (TPSA) is 69.6 Å². The largest absolute Gasteiger partial charge is 0.330 e. The molecule has 5 nitrogen and oxygen atoms in total. The first-order valence-corrected chi connectivity index (χ1v) is 7.31. The van der Waals surface area contributed by atoms with Crippen molar-refractivity contribution < 1.29 is 0 Å². The van der Waals surface area contributed by atoms with Crippen LogP contribution in [0.5, 0.6) is 0 Å². The summed E-state index contributed by atoms with van der Waals surface area (Å²) in [6, 6.07) is 10.1. The second kappa shape index (κ2) is 6.01. The van der Waals surface area contributed by atoms with Crippen LogP contribution in [0.4, 0.5) is 0 Å². The first-order chi connectivity index (χ1) is 10.3. The zero-order chi connectivity index (χ0) is 14.7. The Bertz CT molecular complexity index is 747. The molecular formula is C16H19N5. The third kappa shape index (κ3) is 2.64. The predicted octanol–water partition coefficient (Wildman–Crippen LogP) is 2.27. The third-order valence-electron chi connectivity index (χ3n) is 3.44. The van der Waals surface area contributed by atoms with Crippen LogP contribution in [0.15, 0.2) is 36.7 Å². The average molecular weight is 281 g/mol. The van der Waals surface area contributed by atoms with Gasteiger partial charge in [0, 0.05) is 18.2 Å². The van der Waals surface area contributed by atoms with Crippen molar-refractivity contribution in [3.8, 4) is 5.82 Å². The number of aryl methyl sites for hydroxylation is 1. The van der Waals surface area contributed by atoms with Gasteiger partial charge in [0.15, 0.2) is 0 Å². The highest BCUT2D eigenvalue weighted by Crippen LogP contribution is 2.20. The molecule has 0 aliphatic heterocycles. The van der Waals surface area contributed by atoms with Gasteiger partial charge in [-0.25, -0.2) is 15.0 Å². The first-order valence-electron chi connectivity index (χ1n) is 7.31. The molecule has 108 valence electrons. The fourth-order valence-corrected chi connectivity index (χ4v) is 2.53. The molecule has 21 heavy (non-hydrogen) atoms. The van der Waals surface area contributed by atoms with Gasteiger partial charge in [0.25, 0.3) is 0 Å². The van der Waals surface area contributed by atoms with Crippen molar-refractivity contribution in [2.45, 2.75) is 26.2 Å². The van der Waals surface area contributed by atoms with E-state index in [1.165, 1.54) is 0 Å². The fourth-order valence-electron chi connectivity index (χ4n) is 2.53. The van der Waals surface area contributed by atoms with Gasteiger partial charge in [-0.2, -0.15) is 0 Å². The van der Waals surface area contributed by atoms with E-state index < -0.39 is 0 Å². The lowest BCUT2D eigenvalue weighted by molar-refractivity contribution is 0.817. The number of hydrogen-bond acceptors (Lipinski definition) is 4. The van der Waals surface area contributed by atoms with E-state index in [2.05, 4.69) is 32.5 Å². The van der Waals surface area contributed by atoms with Crippen LogP contribution >= 0.6 is 0 Å². The number of para-hydroxylation sites is 2. The molecule has 0 radical (unpaired) electrons. The maximum absolute atomic E-state index is 5.72. The summed E-state index contributed by atoms with van der Waals surface area (Å²) in [5.74, 6) is 1.81. The number of benzene rings is 1. The van der Waals surface area contributed by atoms with Gasteiger partial charge in [-0.05, 0) is 25.1 Å². The van der Waals surface area contributed by atoms with Gasteiger partial charge in [-0.15, -0.1) is 0 Å². The molecule has 0 unspecified atom stereocenters. The molecule has 0 saturated carbocycles. The van der Waals surface area contributed by atoms with Crippen molar-refractivity contribution in [3.63, 3.8) is 0 Å². The van der Waals surface area contributed by atoms with Crippen molar-refractivity contribution in [3.05, 3.63) is 48.2 Å². The highest BCUT2D eigenvalue weighted by Gasteiger charge is 2.13. The van der Waals surface area contributed by atoms with Gasteiger partial charge in [-0.3, -0.25) is 4.57 Å². The number of hydrogen-bond donors (Lipinski definition) is 1. The van der Waals surface area contributed by atoms with E-state index in [0.29, 0.717) is 6.54 Å². The Labute approximate surface area is 123 Å². The molecule has 0 saturated heterocycles. The van der Waals surface area contributed by atoms with Crippen LogP contribution in [0.2, 0.25) is 0 Å². The van der Waals surface area contributed by atoms with Gasteiger partial charge in [0.1, 0.15) is 18.0 Å². The standard InChI is InChI=1S/C16H19N5/c1-2-5-12-10-16(19-11-18-12)21-14-7-4-3-6-13(14)20-15(21)8-9-17/h3-4,6-7,10-11H,2,5,8-9,17H2,1H3. The first kappa shape index (κ1) is 13.7. The summed E-state index contributed by atoms with van der Waals surface area (Å²) in [5.41, 5.74) is 8.80. The molecule has 0 bridgehead atoms. The minimum atomic E-state index is 0.566. The summed E-state index contributed by atoms with van der Waals surface area (Å²) in [7, 11) is 0. The van der Waals surface area contributed by atoms with Crippen LogP contribution in [-0.2, 0) is 12.8 Å². The fraction of sp³-hybridized carbons (Fsp3) is 0.312. The van der Waals surface area contributed by atoms with Crippen LogP contribution in [-0.4, -0.2) is 26.1 Å². The van der Waals surface area contributed by atoms with Crippen molar-refractivity contribution >= 4 is 11.0 Å². The van der Waals surface area contributed by atoms with Crippen LogP contribution in [0.25, 0.3) is 16.9 Å². The summed E-state index contributed by atoms with van der Waals surface area (Å²) < 4.78 is 2.09. The summed E-state index contributed by atoms with van der Waals surface area (Å²) in [6.45, 7) is 2.71. The summed E-state index contributed by atoms with van der Waals surface area (Å²) in [4.78, 5) is 13.4. The number of nitrogens with two attached hydrogens (primary N) is 1. The highest BCUT2D eigenvalue weighted by molar-refractivity contribution is 5.77. The number of nitrogens with zero attached hydrogens (tertiary/aromatic N) is 4. The molecule has 0 amide bonds. The molecule has 3 aromatic rings. The number of fused-ring (bicyclic) bond motifs is 1. The van der Waals surface area contributed by atoms with Gasteiger partial charge >= 0.3 is 0 Å². The van der Waals surface area contributed by atoms with Crippen molar-refractivity contribution in [1.29, 1.82) is 0 Å². The molecule has 0 aliphatic rings. The summed E-state index contributed by atoms with van der Waals surface area (Å²) in [5, 5.41) is 0. The highest BCUT2D eigenvalue weighted by atomic mass is 15.1. The maximum Gasteiger partial charge on any atom is 0.142 e. The Kier molecular flexibility index (Phi) is 3.92. The molecule has 1 aromatic carbocycles. The monoisotopic (exact) mass is 281 g/mol. The Morgan fingerprint density at radius 2 is 2.00 bits per heavy atom. The zero-order valence-corrected chi connectivity index (χ0v) is 12.2. The van der Waals surface area contributed by atoms with E-state index in [9.17, 15) is 0 Å². The maximum atomic E-state index is 5.72. The third-order valence-corrected chi connectivity index (χ3v) is 3.44. The molecule has 0 spiro atoms. The van der Waals surface area contributed by atoms with E-state index >= 15 is 0 Å². The van der Waals surface area contributed by atoms with Crippen LogP contribution in [0, 0.1) is 0 Å². The second-order valence-electron chi connectivity index (χ2n) is 5.01. The Morgan fingerprint density at radius 1 is 1.14 bits per heavy atom. The van der Waals surface area contributed by atoms with E-state index in [0.717, 1.165) is 47.6 Å². The molecule has 5 heteroatoms. The van der Waals surface area contributed by atoms with E-state index in [4.69, 9.17) is 5.73 Å². The quantitative estimate of drug-likeness (QED) is 0.779.